The van der Waals surface area contributed by atoms with Gasteiger partial charge in [0.15, 0.2) is 0 Å². The third kappa shape index (κ3) is 4.56. The van der Waals surface area contributed by atoms with Crippen LogP contribution >= 0.6 is 7.26 Å². The minimum absolute atomic E-state index is 0.373. The zero-order valence-corrected chi connectivity index (χ0v) is 16.8. The van der Waals surface area contributed by atoms with Crippen molar-refractivity contribution >= 4 is 23.2 Å². The molecule has 0 aliphatic rings. The van der Waals surface area contributed by atoms with Gasteiger partial charge in [0.1, 0.15) is 23.2 Å². The average Bonchev–Trinajstić information content (AvgIpc) is 2.74. The topological polar surface area (TPSA) is 20.2 Å². The summed E-state index contributed by atoms with van der Waals surface area (Å²) in [7, 11) is -1.94. The van der Waals surface area contributed by atoms with Gasteiger partial charge in [0.25, 0.3) is 0 Å². The number of benzene rings is 3. The van der Waals surface area contributed by atoms with Crippen LogP contribution < -0.4 is 15.9 Å². The average molecular weight is 375 g/mol. The van der Waals surface area contributed by atoms with E-state index in [1.807, 2.05) is 0 Å². The molecule has 0 bridgehead atoms. The second-order valence-electron chi connectivity index (χ2n) is 6.77. The summed E-state index contributed by atoms with van der Waals surface area (Å²) in [5, 5.41) is 14.9. The highest BCUT2D eigenvalue weighted by molar-refractivity contribution is 7.95. The van der Waals surface area contributed by atoms with Crippen molar-refractivity contribution in [2.24, 2.45) is 0 Å². The molecule has 1 atom stereocenters. The van der Waals surface area contributed by atoms with Crippen molar-refractivity contribution < 1.29 is 5.11 Å². The molecule has 2 heteroatoms. The molecule has 0 fully saturated rings. The zero-order valence-electron chi connectivity index (χ0n) is 15.9. The first-order valence-electron chi connectivity index (χ1n) is 9.65. The normalized spacial score (nSPS) is 13.0. The second-order valence-corrected chi connectivity index (χ2v) is 10.3. The minimum Gasteiger partial charge on any atom is -0.389 e. The highest BCUT2D eigenvalue weighted by Crippen LogP contribution is 2.55. The van der Waals surface area contributed by atoms with Gasteiger partial charge in [-0.2, -0.15) is 0 Å². The van der Waals surface area contributed by atoms with Crippen LogP contribution in [0.4, 0.5) is 0 Å². The molecule has 0 aliphatic heterocycles. The van der Waals surface area contributed by atoms with Crippen molar-refractivity contribution in [2.75, 3.05) is 6.16 Å². The van der Waals surface area contributed by atoms with E-state index in [2.05, 4.69) is 110 Å². The summed E-state index contributed by atoms with van der Waals surface area (Å²) in [5.41, 5.74) is 0. The molecule has 0 radical (unpaired) electrons. The lowest BCUT2D eigenvalue weighted by molar-refractivity contribution is 0.202. The molecule has 0 aliphatic carbocycles. The van der Waals surface area contributed by atoms with Crippen molar-refractivity contribution in [2.45, 2.75) is 25.9 Å². The molecular formula is C25H28OP+. The summed E-state index contributed by atoms with van der Waals surface area (Å²) >= 11 is 0. The lowest BCUT2D eigenvalue weighted by atomic mass is 10.2. The van der Waals surface area contributed by atoms with Crippen LogP contribution in [0.15, 0.2) is 103 Å². The van der Waals surface area contributed by atoms with Crippen molar-refractivity contribution in [3.63, 3.8) is 0 Å². The highest BCUT2D eigenvalue weighted by Gasteiger charge is 2.46. The highest BCUT2D eigenvalue weighted by atomic mass is 31.2. The van der Waals surface area contributed by atoms with Crippen molar-refractivity contribution in [3.8, 4) is 0 Å². The molecule has 0 heterocycles. The number of rotatable bonds is 8. The number of hydrogen-bond acceptors (Lipinski definition) is 1. The van der Waals surface area contributed by atoms with Crippen LogP contribution in [0.5, 0.6) is 0 Å². The van der Waals surface area contributed by atoms with Crippen LogP contribution in [0.3, 0.4) is 0 Å². The van der Waals surface area contributed by atoms with Crippen LogP contribution in [-0.4, -0.2) is 17.4 Å². The summed E-state index contributed by atoms with van der Waals surface area (Å²) in [6.07, 6.45) is 6.32. The van der Waals surface area contributed by atoms with E-state index < -0.39 is 7.26 Å². The third-order valence-electron chi connectivity index (χ3n) is 4.89. The molecule has 1 nitrogen and oxygen atoms in total. The van der Waals surface area contributed by atoms with E-state index in [1.54, 1.807) is 0 Å². The zero-order chi connectivity index (χ0) is 19.0. The van der Waals surface area contributed by atoms with Crippen molar-refractivity contribution in [1.29, 1.82) is 0 Å². The van der Waals surface area contributed by atoms with Gasteiger partial charge in [-0.3, -0.25) is 0 Å². The molecule has 1 N–H and O–H groups in total. The summed E-state index contributed by atoms with van der Waals surface area (Å²) in [4.78, 5) is 0. The number of aliphatic hydroxyl groups is 1. The number of hydrogen-bond donors (Lipinski definition) is 1. The van der Waals surface area contributed by atoms with Gasteiger partial charge >= 0.3 is 0 Å². The fourth-order valence-electron chi connectivity index (χ4n) is 3.62. The third-order valence-corrected chi connectivity index (χ3v) is 9.39. The maximum atomic E-state index is 11.0. The molecule has 3 aromatic rings. The Kier molecular flexibility index (Phi) is 6.98. The van der Waals surface area contributed by atoms with E-state index in [4.69, 9.17) is 0 Å². The fourth-order valence-corrected chi connectivity index (χ4v) is 7.97. The lowest BCUT2D eigenvalue weighted by Gasteiger charge is -2.29. The van der Waals surface area contributed by atoms with E-state index in [0.29, 0.717) is 6.42 Å². The largest absolute Gasteiger partial charge is 0.389 e. The quantitative estimate of drug-likeness (QED) is 0.447. The molecule has 27 heavy (non-hydrogen) atoms. The van der Waals surface area contributed by atoms with Crippen molar-refractivity contribution in [3.05, 3.63) is 103 Å². The Morgan fingerprint density at radius 2 is 1.11 bits per heavy atom. The summed E-state index contributed by atoms with van der Waals surface area (Å²) in [6, 6.07) is 32.2. The Labute approximate surface area is 163 Å². The second kappa shape index (κ2) is 9.65. The van der Waals surface area contributed by atoms with E-state index in [9.17, 15) is 5.11 Å². The maximum Gasteiger partial charge on any atom is 0.114 e. The first kappa shape index (κ1) is 19.5. The predicted molar refractivity (Wildman–Crippen MR) is 120 cm³/mol. The van der Waals surface area contributed by atoms with Gasteiger partial charge < -0.3 is 5.11 Å². The molecule has 0 saturated heterocycles. The smallest absolute Gasteiger partial charge is 0.114 e. The lowest BCUT2D eigenvalue weighted by Crippen LogP contribution is -2.36. The summed E-state index contributed by atoms with van der Waals surface area (Å²) in [6.45, 7) is 2.12. The number of aliphatic hydroxyl groups excluding tert-OH is 1. The van der Waals surface area contributed by atoms with Crippen LogP contribution in [0, 0.1) is 0 Å². The Morgan fingerprint density at radius 3 is 1.48 bits per heavy atom. The first-order chi connectivity index (χ1) is 13.3. The van der Waals surface area contributed by atoms with Crippen LogP contribution in [0.2, 0.25) is 0 Å². The molecule has 0 spiro atoms. The van der Waals surface area contributed by atoms with Crippen molar-refractivity contribution in [1.82, 2.24) is 0 Å². The Balaban J connectivity index is 2.15. The fraction of sp³-hybridized carbons (Fsp3) is 0.200. The Hall–Kier alpha value is -2.21. The molecular weight excluding hydrogens is 347 g/mol. The predicted octanol–water partition coefficient (Wildman–Crippen LogP) is 4.70. The summed E-state index contributed by atoms with van der Waals surface area (Å²) in [5.74, 6) is 0. The van der Waals surface area contributed by atoms with E-state index in [1.165, 1.54) is 15.9 Å². The minimum atomic E-state index is -1.94. The summed E-state index contributed by atoms with van der Waals surface area (Å²) < 4.78 is 0. The Morgan fingerprint density at radius 1 is 0.704 bits per heavy atom. The van der Waals surface area contributed by atoms with Gasteiger partial charge in [0.2, 0.25) is 0 Å². The van der Waals surface area contributed by atoms with Gasteiger partial charge in [0, 0.05) is 0 Å². The SMILES string of the molecule is CC/C=C\C[C@H](O)C[P+](c1ccccc1)(c1ccccc1)c1ccccc1. The van der Waals surface area contributed by atoms with Gasteiger partial charge in [0.05, 0.1) is 12.3 Å². The molecule has 0 unspecified atom stereocenters. The first-order valence-corrected chi connectivity index (χ1v) is 11.6. The maximum absolute atomic E-state index is 11.0. The van der Waals surface area contributed by atoms with Gasteiger partial charge in [-0.05, 0) is 49.2 Å². The van der Waals surface area contributed by atoms with Gasteiger partial charge in [-0.15, -0.1) is 0 Å². The molecule has 138 valence electrons. The molecule has 0 saturated carbocycles. The number of allylic oxidation sites excluding steroid dienone is 1. The molecule has 3 aromatic carbocycles. The van der Waals surface area contributed by atoms with Gasteiger partial charge in [-0.25, -0.2) is 0 Å². The molecule has 0 aromatic heterocycles. The Bertz CT molecular complexity index is 731. The van der Waals surface area contributed by atoms with E-state index in [0.717, 1.165) is 12.6 Å². The van der Waals surface area contributed by atoms with E-state index in [-0.39, 0.29) is 6.10 Å². The standard InChI is InChI=1S/C25H28OP/c1-2-3-7-14-22(26)21-27(23-15-8-4-9-16-23,24-17-10-5-11-18-24)25-19-12-6-13-20-25/h3-13,15-20,22,26H,2,14,21H2,1H3/q+1/b7-3-/t22-/m0/s1. The molecule has 3 rings (SSSR count). The monoisotopic (exact) mass is 375 g/mol. The molecule has 0 amide bonds. The van der Waals surface area contributed by atoms with E-state index >= 15 is 0 Å². The van der Waals surface area contributed by atoms with Crippen LogP contribution in [0.25, 0.3) is 0 Å². The van der Waals surface area contributed by atoms with Crippen LogP contribution in [0.1, 0.15) is 19.8 Å². The van der Waals surface area contributed by atoms with Crippen LogP contribution in [-0.2, 0) is 0 Å². The van der Waals surface area contributed by atoms with Gasteiger partial charge in [-0.1, -0.05) is 73.7 Å².